The van der Waals surface area contributed by atoms with Crippen molar-refractivity contribution in [3.63, 3.8) is 0 Å². The van der Waals surface area contributed by atoms with Gasteiger partial charge in [-0.2, -0.15) is 5.26 Å². The van der Waals surface area contributed by atoms with Gasteiger partial charge in [-0.25, -0.2) is 9.59 Å². The van der Waals surface area contributed by atoms with Gasteiger partial charge in [-0.15, -0.1) is 0 Å². The number of rotatable bonds is 9. The number of carboxylic acids is 1. The van der Waals surface area contributed by atoms with Crippen LogP contribution in [0, 0.1) is 17.2 Å². The fourth-order valence-electron chi connectivity index (χ4n) is 2.06. The third-order valence-corrected chi connectivity index (χ3v) is 3.55. The van der Waals surface area contributed by atoms with Gasteiger partial charge in [-0.1, -0.05) is 37.3 Å². The van der Waals surface area contributed by atoms with Gasteiger partial charge in [0.2, 0.25) is 5.91 Å². The third kappa shape index (κ3) is 6.78. The van der Waals surface area contributed by atoms with E-state index in [4.69, 9.17) is 15.1 Å². The SMILES string of the molecule is C[C@@H](CC#N)[C@@H](NC(=O)[C@H](CO)NC(=O)OCc1ccccc1)C(=O)O. The first kappa shape index (κ1) is 20.9. The van der Waals surface area contributed by atoms with Gasteiger partial charge in [0.1, 0.15) is 18.7 Å². The Bertz CT molecular complexity index is 658. The minimum Gasteiger partial charge on any atom is -0.480 e. The van der Waals surface area contributed by atoms with Crippen LogP contribution in [-0.2, 0) is 20.9 Å². The van der Waals surface area contributed by atoms with Crippen LogP contribution in [0.25, 0.3) is 0 Å². The van der Waals surface area contributed by atoms with E-state index in [9.17, 15) is 19.5 Å². The minimum absolute atomic E-state index is 0.0244. The first-order valence-corrected chi connectivity index (χ1v) is 7.87. The first-order valence-electron chi connectivity index (χ1n) is 7.87. The Balaban J connectivity index is 2.60. The Morgan fingerprint density at radius 3 is 2.42 bits per heavy atom. The number of aliphatic carboxylic acids is 1. The molecule has 0 heterocycles. The summed E-state index contributed by atoms with van der Waals surface area (Å²) in [6, 6.07) is 7.98. The molecule has 0 aliphatic heterocycles. The number of hydrogen-bond acceptors (Lipinski definition) is 6. The number of benzene rings is 1. The second-order valence-corrected chi connectivity index (χ2v) is 5.61. The molecule has 140 valence electrons. The normalized spacial score (nSPS) is 13.6. The van der Waals surface area contributed by atoms with Crippen LogP contribution in [0.1, 0.15) is 18.9 Å². The van der Waals surface area contributed by atoms with Crippen molar-refractivity contribution >= 4 is 18.0 Å². The summed E-state index contributed by atoms with van der Waals surface area (Å²) < 4.78 is 4.95. The molecule has 1 rings (SSSR count). The van der Waals surface area contributed by atoms with Crippen molar-refractivity contribution in [3.05, 3.63) is 35.9 Å². The molecule has 4 N–H and O–H groups in total. The summed E-state index contributed by atoms with van der Waals surface area (Å²) in [7, 11) is 0. The predicted molar refractivity (Wildman–Crippen MR) is 89.6 cm³/mol. The summed E-state index contributed by atoms with van der Waals surface area (Å²) in [5.74, 6) is -2.85. The van der Waals surface area contributed by atoms with Crippen molar-refractivity contribution in [1.29, 1.82) is 5.26 Å². The van der Waals surface area contributed by atoms with Crippen molar-refractivity contribution in [2.24, 2.45) is 5.92 Å². The smallest absolute Gasteiger partial charge is 0.408 e. The molecule has 0 saturated carbocycles. The molecule has 9 heteroatoms. The van der Waals surface area contributed by atoms with Crippen LogP contribution >= 0.6 is 0 Å². The first-order chi connectivity index (χ1) is 12.4. The van der Waals surface area contributed by atoms with E-state index in [1.54, 1.807) is 24.3 Å². The molecule has 0 unspecified atom stereocenters. The number of carbonyl (C=O) groups excluding carboxylic acids is 2. The molecule has 0 aliphatic rings. The van der Waals surface area contributed by atoms with E-state index >= 15 is 0 Å². The average molecular weight is 363 g/mol. The van der Waals surface area contributed by atoms with Gasteiger partial charge in [0, 0.05) is 12.3 Å². The van der Waals surface area contributed by atoms with Crippen LogP contribution in [-0.4, -0.2) is 46.9 Å². The summed E-state index contributed by atoms with van der Waals surface area (Å²) in [5, 5.41) is 31.5. The zero-order valence-electron chi connectivity index (χ0n) is 14.2. The standard InChI is InChI=1S/C17H21N3O6/c1-11(7-8-18)14(16(23)24)20-15(22)13(9-21)19-17(25)26-10-12-5-3-2-4-6-12/h2-6,11,13-14,21H,7,9-10H2,1H3,(H,19,25)(H,20,22)(H,23,24)/t11-,13-,14+/m0/s1. The summed E-state index contributed by atoms with van der Waals surface area (Å²) >= 11 is 0. The molecule has 0 bridgehead atoms. The van der Waals surface area contributed by atoms with Crippen molar-refractivity contribution < 1.29 is 29.3 Å². The van der Waals surface area contributed by atoms with Gasteiger partial charge in [-0.05, 0) is 5.56 Å². The van der Waals surface area contributed by atoms with E-state index in [1.165, 1.54) is 6.92 Å². The zero-order valence-corrected chi connectivity index (χ0v) is 14.2. The number of amides is 2. The number of nitriles is 1. The number of alkyl carbamates (subject to hydrolysis) is 1. The van der Waals surface area contributed by atoms with E-state index < -0.39 is 42.6 Å². The molecule has 0 aliphatic carbocycles. The number of aliphatic hydroxyl groups excluding tert-OH is 1. The van der Waals surface area contributed by atoms with E-state index in [0.717, 1.165) is 5.56 Å². The molecule has 0 spiro atoms. The Morgan fingerprint density at radius 1 is 1.23 bits per heavy atom. The van der Waals surface area contributed by atoms with E-state index in [2.05, 4.69) is 10.6 Å². The van der Waals surface area contributed by atoms with Crippen LogP contribution in [0.5, 0.6) is 0 Å². The molecule has 9 nitrogen and oxygen atoms in total. The van der Waals surface area contributed by atoms with Gasteiger partial charge < -0.3 is 25.6 Å². The molecule has 2 amide bonds. The highest BCUT2D eigenvalue weighted by molar-refractivity contribution is 5.89. The summed E-state index contributed by atoms with van der Waals surface area (Å²) in [4.78, 5) is 35.1. The van der Waals surface area contributed by atoms with E-state index in [0.29, 0.717) is 0 Å². The molecule has 1 aromatic rings. The molecule has 0 fully saturated rings. The number of aliphatic hydroxyl groups is 1. The average Bonchev–Trinajstić information content (AvgIpc) is 2.62. The third-order valence-electron chi connectivity index (χ3n) is 3.55. The summed E-state index contributed by atoms with van der Waals surface area (Å²) in [6.45, 7) is 0.729. The molecule has 0 saturated heterocycles. The molecular formula is C17H21N3O6. The van der Waals surface area contributed by atoms with Gasteiger partial charge in [-0.3, -0.25) is 4.79 Å². The van der Waals surface area contributed by atoms with Gasteiger partial charge in [0.25, 0.3) is 0 Å². The maximum absolute atomic E-state index is 12.1. The second kappa shape index (κ2) is 10.7. The lowest BCUT2D eigenvalue weighted by molar-refractivity contribution is -0.143. The lowest BCUT2D eigenvalue weighted by atomic mass is 9.98. The molecule has 1 aromatic carbocycles. The van der Waals surface area contributed by atoms with Gasteiger partial charge in [0.05, 0.1) is 12.7 Å². The van der Waals surface area contributed by atoms with Crippen LogP contribution in [0.3, 0.4) is 0 Å². The van der Waals surface area contributed by atoms with Crippen LogP contribution in [0.2, 0.25) is 0 Å². The monoisotopic (exact) mass is 363 g/mol. The van der Waals surface area contributed by atoms with Crippen LogP contribution < -0.4 is 10.6 Å². The molecular weight excluding hydrogens is 342 g/mol. The quantitative estimate of drug-likeness (QED) is 0.496. The Hall–Kier alpha value is -3.12. The molecule has 26 heavy (non-hydrogen) atoms. The largest absolute Gasteiger partial charge is 0.480 e. The number of ether oxygens (including phenoxy) is 1. The predicted octanol–water partition coefficient (Wildman–Crippen LogP) is 0.393. The Kier molecular flexibility index (Phi) is 8.60. The van der Waals surface area contributed by atoms with Crippen molar-refractivity contribution in [3.8, 4) is 6.07 Å². The molecule has 0 aromatic heterocycles. The van der Waals surface area contributed by atoms with Gasteiger partial charge >= 0.3 is 12.1 Å². The highest BCUT2D eigenvalue weighted by Crippen LogP contribution is 2.08. The van der Waals surface area contributed by atoms with Crippen LogP contribution in [0.15, 0.2) is 30.3 Å². The van der Waals surface area contributed by atoms with E-state index in [-0.39, 0.29) is 13.0 Å². The maximum atomic E-state index is 12.1. The number of carboxylic acid groups (broad SMARTS) is 1. The van der Waals surface area contributed by atoms with E-state index in [1.807, 2.05) is 12.1 Å². The minimum atomic E-state index is -1.38. The summed E-state index contributed by atoms with van der Waals surface area (Å²) in [5.41, 5.74) is 0.740. The molecule has 0 radical (unpaired) electrons. The molecule has 3 atom stereocenters. The fourth-order valence-corrected chi connectivity index (χ4v) is 2.06. The van der Waals surface area contributed by atoms with Crippen molar-refractivity contribution in [2.45, 2.75) is 32.0 Å². The van der Waals surface area contributed by atoms with Crippen molar-refractivity contribution in [1.82, 2.24) is 10.6 Å². The fraction of sp³-hybridized carbons (Fsp3) is 0.412. The number of carbonyl (C=O) groups is 3. The Labute approximate surface area is 150 Å². The maximum Gasteiger partial charge on any atom is 0.408 e. The Morgan fingerprint density at radius 2 is 1.88 bits per heavy atom. The highest BCUT2D eigenvalue weighted by atomic mass is 16.5. The number of hydrogen-bond donors (Lipinski definition) is 4. The van der Waals surface area contributed by atoms with Crippen molar-refractivity contribution in [2.75, 3.05) is 6.61 Å². The summed E-state index contributed by atoms with van der Waals surface area (Å²) in [6.07, 6.45) is -1.01. The van der Waals surface area contributed by atoms with Crippen LogP contribution in [0.4, 0.5) is 4.79 Å². The highest BCUT2D eigenvalue weighted by Gasteiger charge is 2.30. The second-order valence-electron chi connectivity index (χ2n) is 5.61. The number of nitrogens with one attached hydrogen (secondary N) is 2. The van der Waals surface area contributed by atoms with Gasteiger partial charge in [0.15, 0.2) is 0 Å². The lowest BCUT2D eigenvalue weighted by Crippen LogP contribution is -2.54. The topological polar surface area (TPSA) is 149 Å². The number of nitrogens with zero attached hydrogens (tertiary/aromatic N) is 1. The lowest BCUT2D eigenvalue weighted by Gasteiger charge is -2.22. The zero-order chi connectivity index (χ0) is 19.5.